The van der Waals surface area contributed by atoms with Crippen molar-refractivity contribution in [3.05, 3.63) is 58.2 Å². The van der Waals surface area contributed by atoms with Crippen molar-refractivity contribution < 1.29 is 4.92 Å². The van der Waals surface area contributed by atoms with Crippen LogP contribution in [-0.4, -0.2) is 19.9 Å². The number of benzene rings is 1. The highest BCUT2D eigenvalue weighted by Gasteiger charge is 2.10. The van der Waals surface area contributed by atoms with Gasteiger partial charge in [0.05, 0.1) is 10.6 Å². The van der Waals surface area contributed by atoms with Gasteiger partial charge >= 0.3 is 5.69 Å². The van der Waals surface area contributed by atoms with Gasteiger partial charge < -0.3 is 0 Å². The molecule has 2 aromatic heterocycles. The molecule has 0 amide bonds. The molecule has 0 aliphatic rings. The van der Waals surface area contributed by atoms with E-state index in [4.69, 9.17) is 0 Å². The van der Waals surface area contributed by atoms with Gasteiger partial charge in [0.15, 0.2) is 9.50 Å². The van der Waals surface area contributed by atoms with Crippen molar-refractivity contribution in [1.82, 2.24) is 15.0 Å². The van der Waals surface area contributed by atoms with Crippen LogP contribution < -0.4 is 0 Å². The summed E-state index contributed by atoms with van der Waals surface area (Å²) in [6, 6.07) is 9.86. The molecule has 6 nitrogen and oxygen atoms in total. The molecule has 0 saturated heterocycles. The number of thiazole rings is 1. The van der Waals surface area contributed by atoms with Crippen LogP contribution in [-0.2, 0) is 0 Å². The van der Waals surface area contributed by atoms with Gasteiger partial charge in [0.1, 0.15) is 12.4 Å². The number of hydrogen-bond donors (Lipinski definition) is 0. The summed E-state index contributed by atoms with van der Waals surface area (Å²) in [5, 5.41) is 12.9. The molecule has 0 aliphatic carbocycles. The molecule has 0 N–H and O–H groups in total. The predicted molar refractivity (Wildman–Crippen MR) is 80.4 cm³/mol. The second-order valence-electron chi connectivity index (χ2n) is 3.95. The van der Waals surface area contributed by atoms with Crippen LogP contribution in [0.3, 0.4) is 0 Å². The first-order chi connectivity index (χ1) is 10.2. The van der Waals surface area contributed by atoms with Crippen LogP contribution in [0.1, 0.15) is 0 Å². The molecule has 0 unspecified atom stereocenters. The Kier molecular flexibility index (Phi) is 3.89. The third kappa shape index (κ3) is 3.23. The fourth-order valence-electron chi connectivity index (χ4n) is 1.58. The molecule has 0 saturated carbocycles. The molecule has 104 valence electrons. The van der Waals surface area contributed by atoms with Gasteiger partial charge in [-0.15, -0.1) is 11.3 Å². The summed E-state index contributed by atoms with van der Waals surface area (Å²) in [7, 11) is 0. The lowest BCUT2D eigenvalue weighted by atomic mass is 10.2. The highest BCUT2D eigenvalue weighted by atomic mass is 32.2. The summed E-state index contributed by atoms with van der Waals surface area (Å²) < 4.78 is 0.794. The topological polar surface area (TPSA) is 81.8 Å². The molecule has 8 heteroatoms. The smallest absolute Gasteiger partial charge is 0.258 e. The fourth-order valence-corrected chi connectivity index (χ4v) is 3.20. The Morgan fingerprint density at radius 3 is 2.52 bits per heavy atom. The highest BCUT2D eigenvalue weighted by molar-refractivity contribution is 8.00. The largest absolute Gasteiger partial charge is 0.305 e. The third-order valence-corrected chi connectivity index (χ3v) is 4.39. The van der Waals surface area contributed by atoms with Crippen molar-refractivity contribution in [2.24, 2.45) is 0 Å². The van der Waals surface area contributed by atoms with Crippen LogP contribution >= 0.6 is 23.1 Å². The van der Waals surface area contributed by atoms with Gasteiger partial charge in [-0.1, -0.05) is 30.3 Å². The minimum Gasteiger partial charge on any atom is -0.258 e. The third-order valence-electron chi connectivity index (χ3n) is 2.56. The van der Waals surface area contributed by atoms with E-state index < -0.39 is 4.92 Å². The minimum absolute atomic E-state index is 0.122. The molecule has 3 aromatic rings. The van der Waals surface area contributed by atoms with E-state index in [1.165, 1.54) is 35.5 Å². The maximum atomic E-state index is 10.5. The van der Waals surface area contributed by atoms with Crippen molar-refractivity contribution in [2.75, 3.05) is 0 Å². The van der Waals surface area contributed by atoms with Gasteiger partial charge in [0.25, 0.3) is 0 Å². The van der Waals surface area contributed by atoms with Crippen LogP contribution in [0.25, 0.3) is 11.3 Å². The molecule has 21 heavy (non-hydrogen) atoms. The quantitative estimate of drug-likeness (QED) is 0.415. The van der Waals surface area contributed by atoms with Crippen molar-refractivity contribution in [2.45, 2.75) is 9.50 Å². The Balaban J connectivity index is 1.77. The Morgan fingerprint density at radius 2 is 1.86 bits per heavy atom. The molecule has 0 spiro atoms. The summed E-state index contributed by atoms with van der Waals surface area (Å²) in [5.74, 6) is 0. The van der Waals surface area contributed by atoms with Crippen LogP contribution in [0.4, 0.5) is 5.69 Å². The average Bonchev–Trinajstić information content (AvgIpc) is 2.97. The number of nitro groups is 1. The van der Waals surface area contributed by atoms with Crippen LogP contribution in [0.15, 0.2) is 57.6 Å². The summed E-state index contributed by atoms with van der Waals surface area (Å²) in [6.45, 7) is 0. The molecular weight excluding hydrogens is 308 g/mol. The SMILES string of the molecule is O=[N+]([O-])c1cnc(Sc2nc(-c3ccccc3)cs2)nc1. The molecule has 0 fully saturated rings. The maximum Gasteiger partial charge on any atom is 0.305 e. The molecule has 0 atom stereocenters. The van der Waals surface area contributed by atoms with Crippen LogP contribution in [0, 0.1) is 10.1 Å². The molecule has 0 bridgehead atoms. The molecule has 3 rings (SSSR count). The van der Waals surface area contributed by atoms with Gasteiger partial charge in [-0.25, -0.2) is 15.0 Å². The zero-order valence-electron chi connectivity index (χ0n) is 10.5. The van der Waals surface area contributed by atoms with E-state index in [0.717, 1.165) is 15.6 Å². The number of aromatic nitrogens is 3. The zero-order valence-corrected chi connectivity index (χ0v) is 12.2. The lowest BCUT2D eigenvalue weighted by Gasteiger charge is -1.96. The first-order valence-electron chi connectivity index (χ1n) is 5.87. The standard InChI is InChI=1S/C13H8N4O2S2/c18-17(19)10-6-14-12(15-7-10)21-13-16-11(8-20-13)9-4-2-1-3-5-9/h1-8H. The Hall–Kier alpha value is -2.32. The Bertz CT molecular complexity index is 759. The van der Waals surface area contributed by atoms with Gasteiger partial charge in [-0.2, -0.15) is 0 Å². The average molecular weight is 316 g/mol. The first-order valence-corrected chi connectivity index (χ1v) is 7.57. The van der Waals surface area contributed by atoms with Gasteiger partial charge in [-0.05, 0) is 11.8 Å². The summed E-state index contributed by atoms with van der Waals surface area (Å²) in [6.07, 6.45) is 2.39. The number of hydrogen-bond acceptors (Lipinski definition) is 7. The molecule has 0 aliphatic heterocycles. The van der Waals surface area contributed by atoms with Gasteiger partial charge in [0.2, 0.25) is 0 Å². The van der Waals surface area contributed by atoms with E-state index in [1.54, 1.807) is 0 Å². The van der Waals surface area contributed by atoms with E-state index in [1.807, 2.05) is 35.7 Å². The summed E-state index contributed by atoms with van der Waals surface area (Å²) in [5.41, 5.74) is 1.82. The maximum absolute atomic E-state index is 10.5. The monoisotopic (exact) mass is 316 g/mol. The fraction of sp³-hybridized carbons (Fsp3) is 0. The van der Waals surface area contributed by atoms with Crippen LogP contribution in [0.5, 0.6) is 0 Å². The molecule has 1 aromatic carbocycles. The Morgan fingerprint density at radius 1 is 1.14 bits per heavy atom. The second-order valence-corrected chi connectivity index (χ2v) is 6.02. The van der Waals surface area contributed by atoms with Gasteiger partial charge in [-0.3, -0.25) is 10.1 Å². The zero-order chi connectivity index (χ0) is 14.7. The number of nitrogens with zero attached hydrogens (tertiary/aromatic N) is 4. The first kappa shape index (κ1) is 13.7. The van der Waals surface area contributed by atoms with E-state index in [9.17, 15) is 10.1 Å². The van der Waals surface area contributed by atoms with Crippen molar-refractivity contribution in [3.63, 3.8) is 0 Å². The molecule has 2 heterocycles. The predicted octanol–water partition coefficient (Wildman–Crippen LogP) is 3.66. The second kappa shape index (κ2) is 5.98. The Labute approximate surface area is 128 Å². The summed E-state index contributed by atoms with van der Waals surface area (Å²) in [4.78, 5) is 22.4. The van der Waals surface area contributed by atoms with Crippen molar-refractivity contribution in [1.29, 1.82) is 0 Å². The normalized spacial score (nSPS) is 10.5. The van der Waals surface area contributed by atoms with E-state index in [2.05, 4.69) is 15.0 Å². The van der Waals surface area contributed by atoms with E-state index in [0.29, 0.717) is 5.16 Å². The minimum atomic E-state index is -0.522. The van der Waals surface area contributed by atoms with E-state index in [-0.39, 0.29) is 5.69 Å². The molecular formula is C13H8N4O2S2. The van der Waals surface area contributed by atoms with E-state index >= 15 is 0 Å². The number of rotatable bonds is 4. The lowest BCUT2D eigenvalue weighted by Crippen LogP contribution is -1.92. The van der Waals surface area contributed by atoms with Gasteiger partial charge in [0, 0.05) is 10.9 Å². The van der Waals surface area contributed by atoms with Crippen molar-refractivity contribution in [3.8, 4) is 11.3 Å². The highest BCUT2D eigenvalue weighted by Crippen LogP contribution is 2.31. The molecule has 0 radical (unpaired) electrons. The lowest BCUT2D eigenvalue weighted by molar-refractivity contribution is -0.385. The van der Waals surface area contributed by atoms with Crippen molar-refractivity contribution >= 4 is 28.8 Å². The van der Waals surface area contributed by atoms with Crippen LogP contribution in [0.2, 0.25) is 0 Å². The summed E-state index contributed by atoms with van der Waals surface area (Å²) >= 11 is 2.77.